The van der Waals surface area contributed by atoms with Crippen LogP contribution in [-0.2, 0) is 4.79 Å². The molecule has 6 heteroatoms. The number of hydrogen-bond donors (Lipinski definition) is 0. The lowest BCUT2D eigenvalue weighted by molar-refractivity contribution is -0.126. The van der Waals surface area contributed by atoms with Crippen molar-refractivity contribution in [2.24, 2.45) is 0 Å². The molecular weight excluding hydrogens is 370 g/mol. The zero-order chi connectivity index (χ0) is 19.6. The molecule has 0 aliphatic carbocycles. The van der Waals surface area contributed by atoms with Crippen molar-refractivity contribution in [3.8, 4) is 23.0 Å². The van der Waals surface area contributed by atoms with Gasteiger partial charge in [0, 0.05) is 12.6 Å². The predicted molar refractivity (Wildman–Crippen MR) is 108 cm³/mol. The topological polar surface area (TPSA) is 57.2 Å². The van der Waals surface area contributed by atoms with Gasteiger partial charge in [-0.25, -0.2) is 0 Å². The molecule has 2 aromatic rings. The lowest BCUT2D eigenvalue weighted by Gasteiger charge is -2.26. The van der Waals surface area contributed by atoms with Gasteiger partial charge in [0.05, 0.1) is 6.04 Å². The highest BCUT2D eigenvalue weighted by atomic mass is 16.6. The van der Waals surface area contributed by atoms with Gasteiger partial charge in [-0.1, -0.05) is 12.1 Å². The Morgan fingerprint density at radius 2 is 1.52 bits per heavy atom. The van der Waals surface area contributed by atoms with Crippen LogP contribution in [0.4, 0.5) is 0 Å². The Balaban J connectivity index is 1.32. The summed E-state index contributed by atoms with van der Waals surface area (Å²) in [6.45, 7) is 3.00. The van der Waals surface area contributed by atoms with E-state index in [0.29, 0.717) is 26.4 Å². The first-order valence-electron chi connectivity index (χ1n) is 10.1. The van der Waals surface area contributed by atoms with Crippen molar-refractivity contribution < 1.29 is 23.7 Å². The third-order valence-corrected chi connectivity index (χ3v) is 5.47. The molecule has 1 saturated heterocycles. The maximum atomic E-state index is 12.9. The van der Waals surface area contributed by atoms with Gasteiger partial charge in [0.15, 0.2) is 23.0 Å². The number of carbonyl (C=O) groups is 1. The Kier molecular flexibility index (Phi) is 4.76. The second-order valence-electron chi connectivity index (χ2n) is 7.33. The number of rotatable bonds is 3. The standard InChI is InChI=1S/C23H23NO5/c25-23(8-4-16-3-6-19-21(14-16)28-12-10-26-19)24-9-1-2-18(24)17-5-7-20-22(15-17)29-13-11-27-20/h3-8,14-15,18H,1-2,9-13H2/b8-4+/t18-/m1/s1. The van der Waals surface area contributed by atoms with E-state index in [1.165, 1.54) is 0 Å². The number of amides is 1. The van der Waals surface area contributed by atoms with Gasteiger partial charge >= 0.3 is 0 Å². The van der Waals surface area contributed by atoms with E-state index in [4.69, 9.17) is 18.9 Å². The molecule has 2 aromatic carbocycles. The summed E-state index contributed by atoms with van der Waals surface area (Å²) >= 11 is 0. The molecule has 0 spiro atoms. The highest BCUT2D eigenvalue weighted by Gasteiger charge is 2.29. The van der Waals surface area contributed by atoms with Crippen LogP contribution in [0.15, 0.2) is 42.5 Å². The van der Waals surface area contributed by atoms with Crippen LogP contribution in [0.25, 0.3) is 6.08 Å². The van der Waals surface area contributed by atoms with Crippen molar-refractivity contribution >= 4 is 12.0 Å². The van der Waals surface area contributed by atoms with E-state index in [0.717, 1.165) is 53.5 Å². The average molecular weight is 393 g/mol. The van der Waals surface area contributed by atoms with Crippen molar-refractivity contribution in [1.82, 2.24) is 4.90 Å². The van der Waals surface area contributed by atoms with Crippen molar-refractivity contribution in [2.45, 2.75) is 18.9 Å². The highest BCUT2D eigenvalue weighted by Crippen LogP contribution is 2.38. The molecule has 0 unspecified atom stereocenters. The molecule has 0 aromatic heterocycles. The molecule has 1 fully saturated rings. The van der Waals surface area contributed by atoms with Crippen molar-refractivity contribution in [1.29, 1.82) is 0 Å². The van der Waals surface area contributed by atoms with E-state index in [9.17, 15) is 4.79 Å². The van der Waals surface area contributed by atoms with Gasteiger partial charge in [-0.2, -0.15) is 0 Å². The molecule has 0 bridgehead atoms. The molecule has 3 heterocycles. The van der Waals surface area contributed by atoms with Gasteiger partial charge < -0.3 is 23.8 Å². The zero-order valence-corrected chi connectivity index (χ0v) is 16.1. The first-order valence-corrected chi connectivity index (χ1v) is 10.1. The summed E-state index contributed by atoms with van der Waals surface area (Å²) in [4.78, 5) is 14.8. The Morgan fingerprint density at radius 3 is 2.28 bits per heavy atom. The van der Waals surface area contributed by atoms with E-state index in [2.05, 4.69) is 0 Å². The second kappa shape index (κ2) is 7.70. The highest BCUT2D eigenvalue weighted by molar-refractivity contribution is 5.92. The Morgan fingerprint density at radius 1 is 0.862 bits per heavy atom. The first kappa shape index (κ1) is 17.9. The molecule has 1 amide bonds. The van der Waals surface area contributed by atoms with Gasteiger partial charge in [0.1, 0.15) is 26.4 Å². The molecule has 29 heavy (non-hydrogen) atoms. The van der Waals surface area contributed by atoms with E-state index in [1.807, 2.05) is 47.4 Å². The first-order chi connectivity index (χ1) is 14.3. The van der Waals surface area contributed by atoms with Gasteiger partial charge in [-0.15, -0.1) is 0 Å². The van der Waals surface area contributed by atoms with Gasteiger partial charge in [-0.3, -0.25) is 4.79 Å². The van der Waals surface area contributed by atoms with Crippen LogP contribution in [0.3, 0.4) is 0 Å². The molecule has 3 aliphatic heterocycles. The molecule has 1 atom stereocenters. The van der Waals surface area contributed by atoms with Crippen LogP contribution >= 0.6 is 0 Å². The molecule has 0 N–H and O–H groups in total. The number of nitrogens with zero attached hydrogens (tertiary/aromatic N) is 1. The maximum absolute atomic E-state index is 12.9. The Bertz CT molecular complexity index is 954. The summed E-state index contributed by atoms with van der Waals surface area (Å²) in [5.74, 6) is 3.02. The average Bonchev–Trinajstić information content (AvgIpc) is 3.27. The van der Waals surface area contributed by atoms with Crippen LogP contribution < -0.4 is 18.9 Å². The van der Waals surface area contributed by atoms with Crippen molar-refractivity contribution in [3.63, 3.8) is 0 Å². The molecule has 0 radical (unpaired) electrons. The summed E-state index contributed by atoms with van der Waals surface area (Å²) in [6.07, 6.45) is 5.41. The van der Waals surface area contributed by atoms with Crippen molar-refractivity contribution in [2.75, 3.05) is 33.0 Å². The fraction of sp³-hybridized carbons (Fsp3) is 0.348. The molecule has 5 rings (SSSR count). The minimum absolute atomic E-state index is 0.0114. The van der Waals surface area contributed by atoms with E-state index in [1.54, 1.807) is 6.08 Å². The third kappa shape index (κ3) is 3.62. The number of fused-ring (bicyclic) bond motifs is 2. The molecule has 3 aliphatic rings. The smallest absolute Gasteiger partial charge is 0.247 e. The summed E-state index contributed by atoms with van der Waals surface area (Å²) < 4.78 is 22.5. The summed E-state index contributed by atoms with van der Waals surface area (Å²) in [5, 5.41) is 0. The lowest BCUT2D eigenvalue weighted by atomic mass is 10.0. The normalized spacial score (nSPS) is 20.1. The number of benzene rings is 2. The molecule has 6 nitrogen and oxygen atoms in total. The maximum Gasteiger partial charge on any atom is 0.247 e. The monoisotopic (exact) mass is 393 g/mol. The predicted octanol–water partition coefficient (Wildman–Crippen LogP) is 3.61. The molecule has 150 valence electrons. The minimum Gasteiger partial charge on any atom is -0.486 e. The largest absolute Gasteiger partial charge is 0.486 e. The fourth-order valence-electron chi connectivity index (χ4n) is 4.07. The van der Waals surface area contributed by atoms with E-state index in [-0.39, 0.29) is 11.9 Å². The number of carbonyl (C=O) groups excluding carboxylic acids is 1. The van der Waals surface area contributed by atoms with E-state index >= 15 is 0 Å². The molecular formula is C23H23NO5. The van der Waals surface area contributed by atoms with Gasteiger partial charge in [0.2, 0.25) is 5.91 Å². The fourth-order valence-corrected chi connectivity index (χ4v) is 4.07. The summed E-state index contributed by atoms with van der Waals surface area (Å²) in [5.41, 5.74) is 2.01. The van der Waals surface area contributed by atoms with E-state index < -0.39 is 0 Å². The van der Waals surface area contributed by atoms with Crippen LogP contribution in [0.1, 0.15) is 30.0 Å². The van der Waals surface area contributed by atoms with Crippen molar-refractivity contribution in [3.05, 3.63) is 53.6 Å². The third-order valence-electron chi connectivity index (χ3n) is 5.47. The Labute approximate surface area is 169 Å². The van der Waals surface area contributed by atoms with Crippen LogP contribution in [-0.4, -0.2) is 43.8 Å². The summed E-state index contributed by atoms with van der Waals surface area (Å²) in [6, 6.07) is 11.8. The SMILES string of the molecule is O=C(/C=C/c1ccc2c(c1)OCCO2)N1CCC[C@@H]1c1ccc2c(c1)OCCO2. The quantitative estimate of drug-likeness (QED) is 0.746. The number of hydrogen-bond acceptors (Lipinski definition) is 5. The minimum atomic E-state index is 0.0114. The second-order valence-corrected chi connectivity index (χ2v) is 7.33. The summed E-state index contributed by atoms with van der Waals surface area (Å²) in [7, 11) is 0. The van der Waals surface area contributed by atoms with Gasteiger partial charge in [0.25, 0.3) is 0 Å². The Hall–Kier alpha value is -3.15. The zero-order valence-electron chi connectivity index (χ0n) is 16.1. The number of likely N-dealkylation sites (tertiary alicyclic amines) is 1. The van der Waals surface area contributed by atoms with Crippen LogP contribution in [0.2, 0.25) is 0 Å². The number of ether oxygens (including phenoxy) is 4. The lowest BCUT2D eigenvalue weighted by Crippen LogP contribution is -2.29. The van der Waals surface area contributed by atoms with Crippen LogP contribution in [0.5, 0.6) is 23.0 Å². The van der Waals surface area contributed by atoms with Crippen LogP contribution in [0, 0.1) is 0 Å². The molecule has 0 saturated carbocycles. The van der Waals surface area contributed by atoms with Gasteiger partial charge in [-0.05, 0) is 54.3 Å².